The molecule has 0 saturated heterocycles. The van der Waals surface area contributed by atoms with Crippen LogP contribution in [0, 0.1) is 0 Å². The lowest BCUT2D eigenvalue weighted by Gasteiger charge is -2.19. The standard InChI is InChI=1S/C22H39N3O8/c1-6-8-12-31-19(28)11-10-16(20(29)32-13-9-7-2)25-18(27)15-23-17(26)14-24-21(30)33-22(3,4)5/h16H,6-15H2,1-5H3,(H,23,26)(H,24,30)(H,25,27). The average Bonchev–Trinajstić information content (AvgIpc) is 2.72. The quantitative estimate of drug-likeness (QED) is 0.184. The van der Waals surface area contributed by atoms with Crippen molar-refractivity contribution in [2.24, 2.45) is 0 Å². The number of nitrogens with one attached hydrogen (secondary N) is 3. The number of carbonyl (C=O) groups excluding carboxylic acids is 5. The first-order chi connectivity index (χ1) is 15.5. The largest absolute Gasteiger partial charge is 0.466 e. The van der Waals surface area contributed by atoms with Gasteiger partial charge in [-0.3, -0.25) is 14.4 Å². The summed E-state index contributed by atoms with van der Waals surface area (Å²) in [6, 6.07) is -1.05. The molecule has 0 aromatic carbocycles. The zero-order chi connectivity index (χ0) is 25.3. The third-order valence-corrected chi connectivity index (χ3v) is 4.00. The maximum absolute atomic E-state index is 12.3. The highest BCUT2D eigenvalue weighted by atomic mass is 16.6. The van der Waals surface area contributed by atoms with E-state index in [9.17, 15) is 24.0 Å². The van der Waals surface area contributed by atoms with E-state index < -0.39 is 48.0 Å². The molecule has 1 atom stereocenters. The van der Waals surface area contributed by atoms with Gasteiger partial charge < -0.3 is 30.2 Å². The molecule has 11 heteroatoms. The molecule has 0 aliphatic carbocycles. The second-order valence-corrected chi connectivity index (χ2v) is 8.39. The highest BCUT2D eigenvalue weighted by molar-refractivity contribution is 5.89. The molecule has 11 nitrogen and oxygen atoms in total. The van der Waals surface area contributed by atoms with Crippen LogP contribution >= 0.6 is 0 Å². The predicted octanol–water partition coefficient (Wildman–Crippen LogP) is 1.58. The Balaban J connectivity index is 4.58. The summed E-state index contributed by atoms with van der Waals surface area (Å²) in [7, 11) is 0. The van der Waals surface area contributed by atoms with Crippen LogP contribution in [0.15, 0.2) is 0 Å². The Morgan fingerprint density at radius 2 is 1.39 bits per heavy atom. The fourth-order valence-electron chi connectivity index (χ4n) is 2.28. The third kappa shape index (κ3) is 17.4. The van der Waals surface area contributed by atoms with Gasteiger partial charge in [-0.2, -0.15) is 0 Å². The molecule has 0 aromatic heterocycles. The van der Waals surface area contributed by atoms with Crippen LogP contribution in [-0.4, -0.2) is 67.8 Å². The Kier molecular flexibility index (Phi) is 15.3. The third-order valence-electron chi connectivity index (χ3n) is 4.00. The summed E-state index contributed by atoms with van der Waals surface area (Å²) < 4.78 is 15.2. The lowest BCUT2D eigenvalue weighted by Crippen LogP contribution is -2.48. The van der Waals surface area contributed by atoms with Gasteiger partial charge in [0.2, 0.25) is 11.8 Å². The Morgan fingerprint density at radius 3 is 1.97 bits per heavy atom. The Hall–Kier alpha value is -2.85. The van der Waals surface area contributed by atoms with Crippen LogP contribution in [0.5, 0.6) is 0 Å². The first-order valence-corrected chi connectivity index (χ1v) is 11.3. The minimum atomic E-state index is -1.05. The normalized spacial score (nSPS) is 11.7. The van der Waals surface area contributed by atoms with Crippen LogP contribution < -0.4 is 16.0 Å². The molecule has 0 spiro atoms. The molecule has 0 bridgehead atoms. The van der Waals surface area contributed by atoms with Gasteiger partial charge in [-0.05, 0) is 40.0 Å². The topological polar surface area (TPSA) is 149 Å². The number of hydrogen-bond acceptors (Lipinski definition) is 8. The molecule has 0 fully saturated rings. The van der Waals surface area contributed by atoms with E-state index in [2.05, 4.69) is 16.0 Å². The van der Waals surface area contributed by atoms with Crippen LogP contribution in [0.4, 0.5) is 4.79 Å². The summed E-state index contributed by atoms with van der Waals surface area (Å²) >= 11 is 0. The SMILES string of the molecule is CCCCOC(=O)CCC(NC(=O)CNC(=O)CNC(=O)OC(C)(C)C)C(=O)OCCCC. The first-order valence-electron chi connectivity index (χ1n) is 11.3. The lowest BCUT2D eigenvalue weighted by atomic mass is 10.1. The smallest absolute Gasteiger partial charge is 0.408 e. The number of ether oxygens (including phenoxy) is 3. The maximum Gasteiger partial charge on any atom is 0.408 e. The molecule has 0 aliphatic heterocycles. The number of unbranched alkanes of at least 4 members (excludes halogenated alkanes) is 2. The molecule has 3 amide bonds. The maximum atomic E-state index is 12.3. The van der Waals surface area contributed by atoms with E-state index in [1.165, 1.54) is 0 Å². The lowest BCUT2D eigenvalue weighted by molar-refractivity contribution is -0.149. The number of rotatable bonds is 15. The summed E-state index contributed by atoms with van der Waals surface area (Å²) in [5.41, 5.74) is -0.705. The number of hydrogen-bond donors (Lipinski definition) is 3. The van der Waals surface area contributed by atoms with E-state index in [1.54, 1.807) is 20.8 Å². The van der Waals surface area contributed by atoms with Crippen molar-refractivity contribution < 1.29 is 38.2 Å². The van der Waals surface area contributed by atoms with Gasteiger partial charge >= 0.3 is 18.0 Å². The van der Waals surface area contributed by atoms with Crippen molar-refractivity contribution in [1.29, 1.82) is 0 Å². The minimum Gasteiger partial charge on any atom is -0.466 e. The monoisotopic (exact) mass is 473 g/mol. The van der Waals surface area contributed by atoms with Crippen molar-refractivity contribution in [1.82, 2.24) is 16.0 Å². The van der Waals surface area contributed by atoms with E-state index in [1.807, 2.05) is 13.8 Å². The number of esters is 2. The molecule has 0 aromatic rings. The van der Waals surface area contributed by atoms with Gasteiger partial charge in [-0.1, -0.05) is 26.7 Å². The Labute approximate surface area is 195 Å². The zero-order valence-corrected chi connectivity index (χ0v) is 20.4. The molecule has 1 unspecified atom stereocenters. The van der Waals surface area contributed by atoms with E-state index in [0.29, 0.717) is 13.0 Å². The fourth-order valence-corrected chi connectivity index (χ4v) is 2.28. The summed E-state index contributed by atoms with van der Waals surface area (Å²) in [5.74, 6) is -2.38. The van der Waals surface area contributed by atoms with Crippen molar-refractivity contribution in [2.45, 2.75) is 84.8 Å². The van der Waals surface area contributed by atoms with Gasteiger partial charge in [0.15, 0.2) is 0 Å². The van der Waals surface area contributed by atoms with E-state index in [-0.39, 0.29) is 26.0 Å². The summed E-state index contributed by atoms with van der Waals surface area (Å²) in [5, 5.41) is 7.07. The zero-order valence-electron chi connectivity index (χ0n) is 20.4. The molecule has 33 heavy (non-hydrogen) atoms. The molecular weight excluding hydrogens is 434 g/mol. The van der Waals surface area contributed by atoms with Crippen molar-refractivity contribution in [3.63, 3.8) is 0 Å². The van der Waals surface area contributed by atoms with E-state index in [0.717, 1.165) is 19.3 Å². The molecule has 0 aliphatic rings. The highest BCUT2D eigenvalue weighted by Crippen LogP contribution is 2.06. The van der Waals surface area contributed by atoms with Crippen LogP contribution in [0.2, 0.25) is 0 Å². The molecule has 0 saturated carbocycles. The van der Waals surface area contributed by atoms with Gasteiger partial charge in [0.1, 0.15) is 18.2 Å². The van der Waals surface area contributed by atoms with Gasteiger partial charge in [0.25, 0.3) is 0 Å². The molecule has 0 rings (SSSR count). The highest BCUT2D eigenvalue weighted by Gasteiger charge is 2.24. The molecule has 190 valence electrons. The Morgan fingerprint density at radius 1 is 0.818 bits per heavy atom. The van der Waals surface area contributed by atoms with Crippen LogP contribution in [-0.2, 0) is 33.4 Å². The van der Waals surface area contributed by atoms with Crippen molar-refractivity contribution in [2.75, 3.05) is 26.3 Å². The van der Waals surface area contributed by atoms with Crippen molar-refractivity contribution >= 4 is 29.8 Å². The number of carbonyl (C=O) groups is 5. The van der Waals surface area contributed by atoms with Crippen LogP contribution in [0.1, 0.15) is 73.1 Å². The summed E-state index contributed by atoms with van der Waals surface area (Å²) in [4.78, 5) is 59.8. The van der Waals surface area contributed by atoms with Crippen molar-refractivity contribution in [3.8, 4) is 0 Å². The Bertz CT molecular complexity index is 646. The average molecular weight is 474 g/mol. The van der Waals surface area contributed by atoms with Crippen LogP contribution in [0.25, 0.3) is 0 Å². The second-order valence-electron chi connectivity index (χ2n) is 8.39. The fraction of sp³-hybridized carbons (Fsp3) is 0.773. The second kappa shape index (κ2) is 16.7. The number of alkyl carbamates (subject to hydrolysis) is 1. The van der Waals surface area contributed by atoms with E-state index >= 15 is 0 Å². The molecule has 0 radical (unpaired) electrons. The van der Waals surface area contributed by atoms with Gasteiger partial charge in [0, 0.05) is 6.42 Å². The van der Waals surface area contributed by atoms with E-state index in [4.69, 9.17) is 14.2 Å². The summed E-state index contributed by atoms with van der Waals surface area (Å²) in [6.07, 6.45) is 2.31. The molecule has 0 heterocycles. The minimum absolute atomic E-state index is 0.00972. The predicted molar refractivity (Wildman–Crippen MR) is 120 cm³/mol. The number of amides is 3. The van der Waals surface area contributed by atoms with Gasteiger partial charge in [-0.15, -0.1) is 0 Å². The molecule has 3 N–H and O–H groups in total. The summed E-state index contributed by atoms with van der Waals surface area (Å²) in [6.45, 7) is 8.68. The van der Waals surface area contributed by atoms with Gasteiger partial charge in [0.05, 0.1) is 19.8 Å². The van der Waals surface area contributed by atoms with Crippen LogP contribution in [0.3, 0.4) is 0 Å². The molecular formula is C22H39N3O8. The first kappa shape index (κ1) is 30.1. The van der Waals surface area contributed by atoms with Crippen molar-refractivity contribution in [3.05, 3.63) is 0 Å². The van der Waals surface area contributed by atoms with Gasteiger partial charge in [-0.25, -0.2) is 9.59 Å².